The molecule has 1 saturated heterocycles. The second-order valence-corrected chi connectivity index (χ2v) is 5.37. The second-order valence-electron chi connectivity index (χ2n) is 3.70. The van der Waals surface area contributed by atoms with Gasteiger partial charge in [-0.05, 0) is 19.3 Å². The first kappa shape index (κ1) is 13.2. The maximum atomic E-state index is 11.7. The molecule has 94 valence electrons. The van der Waals surface area contributed by atoms with Gasteiger partial charge < -0.3 is 4.74 Å². The average Bonchev–Trinajstić information content (AvgIpc) is 2.27. The second kappa shape index (κ2) is 6.05. The Labute approximate surface area is 96.1 Å². The van der Waals surface area contributed by atoms with E-state index in [2.05, 4.69) is 4.74 Å². The van der Waals surface area contributed by atoms with Crippen LogP contribution in [0.15, 0.2) is 0 Å². The van der Waals surface area contributed by atoms with Crippen molar-refractivity contribution in [1.29, 1.82) is 0 Å². The van der Waals surface area contributed by atoms with Gasteiger partial charge in [0.15, 0.2) is 0 Å². The molecule has 0 aliphatic carbocycles. The van der Waals surface area contributed by atoms with E-state index in [1.807, 2.05) is 11.6 Å². The minimum atomic E-state index is -3.70. The van der Waals surface area contributed by atoms with Crippen LogP contribution in [0, 0.1) is 0 Å². The van der Waals surface area contributed by atoms with Crippen LogP contribution in [-0.4, -0.2) is 38.5 Å². The Bertz CT molecular complexity index is 322. The third-order valence-corrected chi connectivity index (χ3v) is 3.77. The number of carbonyl (C=O) groups is 1. The monoisotopic (exact) mass is 250 g/mol. The molecule has 1 heterocycles. The molecule has 0 atom stereocenters. The molecule has 1 rings (SSSR count). The van der Waals surface area contributed by atoms with Gasteiger partial charge >= 0.3 is 16.3 Å². The Morgan fingerprint density at radius 1 is 1.31 bits per heavy atom. The summed E-state index contributed by atoms with van der Waals surface area (Å²) in [6.45, 7) is 3.00. The Morgan fingerprint density at radius 2 is 1.94 bits per heavy atom. The van der Waals surface area contributed by atoms with Gasteiger partial charge in [0.1, 0.15) is 0 Å². The molecule has 0 bridgehead atoms. The first-order valence-electron chi connectivity index (χ1n) is 5.51. The van der Waals surface area contributed by atoms with Crippen LogP contribution in [0.25, 0.3) is 0 Å². The fourth-order valence-electron chi connectivity index (χ4n) is 1.50. The lowest BCUT2D eigenvalue weighted by Gasteiger charge is -2.25. The highest BCUT2D eigenvalue weighted by Gasteiger charge is 2.25. The largest absolute Gasteiger partial charge is 0.449 e. The molecule has 0 spiro atoms. The zero-order chi connectivity index (χ0) is 12.0. The number of nitrogens with zero attached hydrogens (tertiary/aromatic N) is 1. The number of ether oxygens (including phenoxy) is 1. The number of piperidine rings is 1. The zero-order valence-electron chi connectivity index (χ0n) is 9.44. The van der Waals surface area contributed by atoms with E-state index in [0.717, 1.165) is 19.3 Å². The molecule has 0 unspecified atom stereocenters. The summed E-state index contributed by atoms with van der Waals surface area (Å²) in [5.41, 5.74) is 0. The molecule has 1 N–H and O–H groups in total. The highest BCUT2D eigenvalue weighted by molar-refractivity contribution is 7.87. The van der Waals surface area contributed by atoms with Gasteiger partial charge in [0, 0.05) is 13.1 Å². The van der Waals surface area contributed by atoms with Gasteiger partial charge in [0.05, 0.1) is 6.61 Å². The summed E-state index contributed by atoms with van der Waals surface area (Å²) in [5, 5.41) is 0. The lowest BCUT2D eigenvalue weighted by atomic mass is 10.2. The van der Waals surface area contributed by atoms with Gasteiger partial charge in [-0.25, -0.2) is 9.52 Å². The molecule has 0 radical (unpaired) electrons. The highest BCUT2D eigenvalue weighted by Crippen LogP contribution is 2.11. The maximum absolute atomic E-state index is 11.7. The van der Waals surface area contributed by atoms with Crippen molar-refractivity contribution in [3.63, 3.8) is 0 Å². The van der Waals surface area contributed by atoms with Crippen LogP contribution in [0.4, 0.5) is 4.79 Å². The van der Waals surface area contributed by atoms with E-state index in [1.54, 1.807) is 0 Å². The molecule has 1 aliphatic rings. The molecular weight excluding hydrogens is 232 g/mol. The number of hydrogen-bond donors (Lipinski definition) is 1. The summed E-state index contributed by atoms with van der Waals surface area (Å²) in [7, 11) is -3.70. The van der Waals surface area contributed by atoms with E-state index < -0.39 is 16.3 Å². The SMILES string of the molecule is CCCOC(=O)NS(=O)(=O)N1CCCCC1. The van der Waals surface area contributed by atoms with Crippen LogP contribution in [0.5, 0.6) is 0 Å². The summed E-state index contributed by atoms with van der Waals surface area (Å²) >= 11 is 0. The van der Waals surface area contributed by atoms with Gasteiger partial charge in [0.2, 0.25) is 0 Å². The topological polar surface area (TPSA) is 75.7 Å². The lowest BCUT2D eigenvalue weighted by Crippen LogP contribution is -2.45. The number of nitrogens with one attached hydrogen (secondary N) is 1. The molecule has 0 aromatic rings. The summed E-state index contributed by atoms with van der Waals surface area (Å²) in [4.78, 5) is 11.1. The standard InChI is InChI=1S/C9H18N2O4S/c1-2-8-15-9(12)10-16(13,14)11-6-4-3-5-7-11/h2-8H2,1H3,(H,10,12). The number of rotatable bonds is 4. The lowest BCUT2D eigenvalue weighted by molar-refractivity contribution is 0.152. The first-order valence-corrected chi connectivity index (χ1v) is 6.95. The molecule has 0 saturated carbocycles. The van der Waals surface area contributed by atoms with Crippen LogP contribution in [0.1, 0.15) is 32.6 Å². The summed E-state index contributed by atoms with van der Waals surface area (Å²) in [6, 6.07) is 0. The van der Waals surface area contributed by atoms with Gasteiger partial charge in [0.25, 0.3) is 0 Å². The van der Waals surface area contributed by atoms with Crippen molar-refractivity contribution in [2.75, 3.05) is 19.7 Å². The fourth-order valence-corrected chi connectivity index (χ4v) is 2.64. The summed E-state index contributed by atoms with van der Waals surface area (Å²) in [5.74, 6) is 0. The molecule has 1 amide bonds. The molecular formula is C9H18N2O4S. The molecule has 7 heteroatoms. The highest BCUT2D eigenvalue weighted by atomic mass is 32.2. The van der Waals surface area contributed by atoms with E-state index >= 15 is 0 Å². The quantitative estimate of drug-likeness (QED) is 0.802. The van der Waals surface area contributed by atoms with E-state index in [9.17, 15) is 13.2 Å². The van der Waals surface area contributed by atoms with Crippen molar-refractivity contribution in [3.05, 3.63) is 0 Å². The molecule has 0 aromatic carbocycles. The smallest absolute Gasteiger partial charge is 0.421 e. The van der Waals surface area contributed by atoms with Gasteiger partial charge in [-0.3, -0.25) is 0 Å². The van der Waals surface area contributed by atoms with Gasteiger partial charge in [-0.1, -0.05) is 13.3 Å². The fraction of sp³-hybridized carbons (Fsp3) is 0.889. The molecule has 1 fully saturated rings. The third-order valence-electron chi connectivity index (χ3n) is 2.30. The third kappa shape index (κ3) is 3.97. The van der Waals surface area contributed by atoms with E-state index in [0.29, 0.717) is 19.5 Å². The molecule has 0 aromatic heterocycles. The Hall–Kier alpha value is -0.820. The normalized spacial score (nSPS) is 18.1. The average molecular weight is 250 g/mol. The van der Waals surface area contributed by atoms with Crippen molar-refractivity contribution < 1.29 is 17.9 Å². The Kier molecular flexibility index (Phi) is 5.01. The van der Waals surface area contributed by atoms with Crippen LogP contribution >= 0.6 is 0 Å². The molecule has 16 heavy (non-hydrogen) atoms. The van der Waals surface area contributed by atoms with Crippen molar-refractivity contribution in [2.45, 2.75) is 32.6 Å². The van der Waals surface area contributed by atoms with Crippen LogP contribution < -0.4 is 4.72 Å². The molecule has 1 aliphatic heterocycles. The van der Waals surface area contributed by atoms with Crippen LogP contribution in [0.2, 0.25) is 0 Å². The van der Waals surface area contributed by atoms with Crippen molar-refractivity contribution in [3.8, 4) is 0 Å². The number of hydrogen-bond acceptors (Lipinski definition) is 4. The minimum Gasteiger partial charge on any atom is -0.449 e. The summed E-state index contributed by atoms with van der Waals surface area (Å²) < 4.78 is 31.2. The summed E-state index contributed by atoms with van der Waals surface area (Å²) in [6.07, 6.45) is 2.48. The van der Waals surface area contributed by atoms with E-state index in [1.165, 1.54) is 4.31 Å². The maximum Gasteiger partial charge on any atom is 0.421 e. The zero-order valence-corrected chi connectivity index (χ0v) is 10.3. The molecule has 6 nitrogen and oxygen atoms in total. The predicted molar refractivity (Wildman–Crippen MR) is 59.1 cm³/mol. The van der Waals surface area contributed by atoms with E-state index in [-0.39, 0.29) is 6.61 Å². The minimum absolute atomic E-state index is 0.224. The van der Waals surface area contributed by atoms with Gasteiger partial charge in [-0.15, -0.1) is 0 Å². The van der Waals surface area contributed by atoms with Crippen molar-refractivity contribution in [2.24, 2.45) is 0 Å². The van der Waals surface area contributed by atoms with Crippen molar-refractivity contribution in [1.82, 2.24) is 9.03 Å². The first-order chi connectivity index (χ1) is 7.56. The van der Waals surface area contributed by atoms with Crippen LogP contribution in [-0.2, 0) is 14.9 Å². The number of carbonyl (C=O) groups excluding carboxylic acids is 1. The van der Waals surface area contributed by atoms with Crippen molar-refractivity contribution >= 4 is 16.3 Å². The number of amides is 1. The predicted octanol–water partition coefficient (Wildman–Crippen LogP) is 0.853. The van der Waals surface area contributed by atoms with Gasteiger partial charge in [-0.2, -0.15) is 12.7 Å². The van der Waals surface area contributed by atoms with E-state index in [4.69, 9.17) is 0 Å². The Morgan fingerprint density at radius 3 is 2.50 bits per heavy atom. The Balaban J connectivity index is 2.46. The van der Waals surface area contributed by atoms with Crippen LogP contribution in [0.3, 0.4) is 0 Å².